The second kappa shape index (κ2) is 18.6. The first-order valence-electron chi connectivity index (χ1n) is 23.1. The van der Waals surface area contributed by atoms with Crippen LogP contribution in [0.4, 0.5) is 10.5 Å². The lowest BCUT2D eigenvalue weighted by Gasteiger charge is -2.34. The summed E-state index contributed by atoms with van der Waals surface area (Å²) in [6.45, 7) is 16.0. The number of hydrogen-bond donors (Lipinski definition) is 3. The maximum atomic E-state index is 13.7. The van der Waals surface area contributed by atoms with E-state index in [9.17, 15) is 14.4 Å². The Morgan fingerprint density at radius 3 is 1.67 bits per heavy atom. The van der Waals surface area contributed by atoms with Gasteiger partial charge in [0.05, 0.1) is 31.3 Å². The number of nitrogens with zero attached hydrogens (tertiary/aromatic N) is 7. The minimum absolute atomic E-state index is 0.0395. The Hall–Kier alpha value is -6.05. The van der Waals surface area contributed by atoms with Crippen LogP contribution in [-0.2, 0) is 19.7 Å². The normalized spacial score (nSPS) is 20.7. The first kappa shape index (κ1) is 44.6. The molecule has 3 fully saturated rings. The van der Waals surface area contributed by atoms with E-state index < -0.39 is 12.1 Å². The predicted octanol–water partition coefficient (Wildman–Crippen LogP) is 9.39. The van der Waals surface area contributed by atoms with Crippen molar-refractivity contribution in [3.8, 4) is 22.8 Å². The van der Waals surface area contributed by atoms with E-state index in [1.807, 2.05) is 18.7 Å². The largest absolute Gasteiger partial charge is 0.453 e. The van der Waals surface area contributed by atoms with Gasteiger partial charge in [-0.1, -0.05) is 109 Å². The van der Waals surface area contributed by atoms with E-state index in [1.54, 1.807) is 4.90 Å². The van der Waals surface area contributed by atoms with Crippen LogP contribution in [0.3, 0.4) is 0 Å². The van der Waals surface area contributed by atoms with Gasteiger partial charge in [0.2, 0.25) is 11.8 Å². The van der Waals surface area contributed by atoms with Gasteiger partial charge < -0.3 is 24.8 Å². The quantitative estimate of drug-likeness (QED) is 0.111. The third-order valence-electron chi connectivity index (χ3n) is 13.2. The number of aromatic amines is 2. The van der Waals surface area contributed by atoms with Gasteiger partial charge in [-0.2, -0.15) is 10.2 Å². The summed E-state index contributed by atoms with van der Waals surface area (Å²) in [5.74, 6) is 2.83. The standard InChI is InChI=1S/C50H64N10O4/c1-30(2)29-42(61)58-27-9-11-40(58)46-52-44(54-56-46)34-17-13-32(14-18-34)38-25-26-39(60(38)37-23-21-36(22-24-37)50(5,6)7)33-15-19-35(20-16-33)45-53-47(57-55-45)41-12-10-28-59(41)48(62)43(31(3)4)51-49(63)64-8/h13-24,30-31,38-41,43H,9-12,25-29H2,1-8H3,(H,51,63)(H,52,54,56)(H,53,55,57)/t38-,39-,40+,41+,43+/m1/s1. The maximum Gasteiger partial charge on any atom is 0.407 e. The summed E-state index contributed by atoms with van der Waals surface area (Å²) in [7, 11) is 1.30. The number of rotatable bonds is 12. The number of hydrogen-bond acceptors (Lipinski definition) is 9. The van der Waals surface area contributed by atoms with E-state index in [0.717, 1.165) is 62.0 Å². The zero-order chi connectivity index (χ0) is 45.3. The summed E-state index contributed by atoms with van der Waals surface area (Å²) in [4.78, 5) is 54.9. The molecule has 3 aliphatic rings. The van der Waals surface area contributed by atoms with Crippen LogP contribution < -0.4 is 10.2 Å². The molecule has 3 aliphatic heterocycles. The average molecular weight is 869 g/mol. The number of methoxy groups -OCH3 is 1. The van der Waals surface area contributed by atoms with Crippen molar-refractivity contribution < 1.29 is 19.1 Å². The monoisotopic (exact) mass is 869 g/mol. The van der Waals surface area contributed by atoms with Crippen molar-refractivity contribution in [2.24, 2.45) is 11.8 Å². The van der Waals surface area contributed by atoms with Gasteiger partial charge in [-0.15, -0.1) is 0 Å². The van der Waals surface area contributed by atoms with Gasteiger partial charge in [0.15, 0.2) is 11.6 Å². The molecular weight excluding hydrogens is 805 g/mol. The highest BCUT2D eigenvalue weighted by Crippen LogP contribution is 2.48. The molecule has 14 nitrogen and oxygen atoms in total. The fraction of sp³-hybridized carbons (Fsp3) is 0.500. The molecule has 2 aromatic heterocycles. The highest BCUT2D eigenvalue weighted by atomic mass is 16.5. The van der Waals surface area contributed by atoms with Crippen LogP contribution in [0.25, 0.3) is 22.8 Å². The molecule has 0 saturated carbocycles. The van der Waals surface area contributed by atoms with Crippen molar-refractivity contribution in [2.45, 2.75) is 129 Å². The molecule has 338 valence electrons. The van der Waals surface area contributed by atoms with Crippen LogP contribution in [0, 0.1) is 11.8 Å². The van der Waals surface area contributed by atoms with Gasteiger partial charge in [-0.05, 0) is 84.6 Å². The number of alkyl carbamates (subject to hydrolysis) is 1. The number of amides is 3. The van der Waals surface area contributed by atoms with Crippen LogP contribution in [0.15, 0.2) is 72.8 Å². The number of benzene rings is 3. The zero-order valence-corrected chi connectivity index (χ0v) is 38.6. The van der Waals surface area contributed by atoms with Crippen LogP contribution >= 0.6 is 0 Å². The van der Waals surface area contributed by atoms with Crippen LogP contribution in [0.1, 0.15) is 146 Å². The molecule has 0 spiro atoms. The van der Waals surface area contributed by atoms with Crippen molar-refractivity contribution in [3.63, 3.8) is 0 Å². The Morgan fingerprint density at radius 2 is 1.20 bits per heavy atom. The highest BCUT2D eigenvalue weighted by Gasteiger charge is 2.39. The summed E-state index contributed by atoms with van der Waals surface area (Å²) >= 11 is 0. The molecule has 0 bridgehead atoms. The van der Waals surface area contributed by atoms with E-state index in [0.29, 0.717) is 36.4 Å². The number of ether oxygens (including phenoxy) is 1. The highest BCUT2D eigenvalue weighted by molar-refractivity contribution is 5.86. The number of carbonyl (C=O) groups is 3. The molecule has 3 aromatic carbocycles. The number of carbonyl (C=O) groups excluding carboxylic acids is 3. The van der Waals surface area contributed by atoms with E-state index >= 15 is 0 Å². The number of aromatic nitrogens is 6. The Bertz CT molecular complexity index is 2400. The molecular formula is C50H64N10O4. The lowest BCUT2D eigenvalue weighted by molar-refractivity contribution is -0.135. The lowest BCUT2D eigenvalue weighted by atomic mass is 9.87. The minimum atomic E-state index is -0.705. The van der Waals surface area contributed by atoms with Crippen LogP contribution in [-0.4, -0.2) is 84.3 Å². The molecule has 0 aliphatic carbocycles. The molecule has 5 heterocycles. The third kappa shape index (κ3) is 9.28. The van der Waals surface area contributed by atoms with Gasteiger partial charge in [0.1, 0.15) is 17.7 Å². The third-order valence-corrected chi connectivity index (χ3v) is 13.2. The van der Waals surface area contributed by atoms with Gasteiger partial charge in [0, 0.05) is 36.3 Å². The maximum absolute atomic E-state index is 13.7. The van der Waals surface area contributed by atoms with Crippen LogP contribution in [0.5, 0.6) is 0 Å². The first-order valence-corrected chi connectivity index (χ1v) is 23.1. The van der Waals surface area contributed by atoms with Crippen LogP contribution in [0.2, 0.25) is 0 Å². The van der Waals surface area contributed by atoms with E-state index in [-0.39, 0.29) is 47.3 Å². The molecule has 0 unspecified atom stereocenters. The molecule has 3 saturated heterocycles. The Balaban J connectivity index is 1.01. The van der Waals surface area contributed by atoms with E-state index in [4.69, 9.17) is 14.7 Å². The number of H-pyrrole nitrogens is 2. The number of nitrogens with one attached hydrogen (secondary N) is 3. The Morgan fingerprint density at radius 1 is 0.703 bits per heavy atom. The summed E-state index contributed by atoms with van der Waals surface area (Å²) < 4.78 is 4.80. The van der Waals surface area contributed by atoms with Gasteiger partial charge in [-0.3, -0.25) is 19.8 Å². The lowest BCUT2D eigenvalue weighted by Crippen LogP contribution is -2.51. The summed E-state index contributed by atoms with van der Waals surface area (Å²) in [6, 6.07) is 25.5. The molecule has 5 atom stereocenters. The van der Waals surface area contributed by atoms with Crippen molar-refractivity contribution in [1.29, 1.82) is 0 Å². The number of likely N-dealkylation sites (tertiary alicyclic amines) is 2. The van der Waals surface area contributed by atoms with Gasteiger partial charge in [0.25, 0.3) is 0 Å². The van der Waals surface area contributed by atoms with Crippen molar-refractivity contribution in [3.05, 3.63) is 101 Å². The first-order chi connectivity index (χ1) is 30.7. The Labute approximate surface area is 377 Å². The topological polar surface area (TPSA) is 165 Å². The molecule has 14 heteroatoms. The predicted molar refractivity (Wildman–Crippen MR) is 247 cm³/mol. The summed E-state index contributed by atoms with van der Waals surface area (Å²) in [5.41, 5.74) is 6.78. The molecule has 5 aromatic rings. The molecule has 3 N–H and O–H groups in total. The second-order valence-corrected chi connectivity index (χ2v) is 19.5. The average Bonchev–Trinajstić information content (AvgIpc) is 4.14. The van der Waals surface area contributed by atoms with Gasteiger partial charge >= 0.3 is 6.09 Å². The molecule has 8 rings (SSSR count). The fourth-order valence-corrected chi connectivity index (χ4v) is 9.78. The second-order valence-electron chi connectivity index (χ2n) is 19.5. The number of anilines is 1. The van der Waals surface area contributed by atoms with Crippen molar-refractivity contribution in [2.75, 3.05) is 25.1 Å². The molecule has 3 amide bonds. The van der Waals surface area contributed by atoms with E-state index in [1.165, 1.54) is 29.5 Å². The fourth-order valence-electron chi connectivity index (χ4n) is 9.78. The minimum Gasteiger partial charge on any atom is -0.453 e. The van der Waals surface area contributed by atoms with Crippen molar-refractivity contribution in [1.82, 2.24) is 45.5 Å². The van der Waals surface area contributed by atoms with Crippen molar-refractivity contribution >= 4 is 23.6 Å². The van der Waals surface area contributed by atoms with Gasteiger partial charge in [-0.25, -0.2) is 14.8 Å². The zero-order valence-electron chi connectivity index (χ0n) is 38.6. The Kier molecular flexibility index (Phi) is 12.9. The molecule has 0 radical (unpaired) electrons. The summed E-state index contributed by atoms with van der Waals surface area (Å²) in [5, 5.41) is 18.2. The van der Waals surface area contributed by atoms with E-state index in [2.05, 4.69) is 138 Å². The SMILES string of the molecule is COC(=O)N[C@H](C(=O)N1CCC[C@H]1c1nc(-c2ccc([C@H]3CC[C@H](c4ccc(-c5n[nH]c([C@@H]6CCCN6C(=O)CC(C)C)n5)cc4)N3c3ccc(C(C)(C)C)cc3)cc2)n[nH]1)C(C)C. The summed E-state index contributed by atoms with van der Waals surface area (Å²) in [6.07, 6.45) is 5.30. The molecule has 64 heavy (non-hydrogen) atoms. The smallest absolute Gasteiger partial charge is 0.407 e.